The second kappa shape index (κ2) is 5.86. The number of fused-ring (bicyclic) bond motifs is 5. The van der Waals surface area contributed by atoms with Gasteiger partial charge in [-0.2, -0.15) is 0 Å². The molecule has 0 saturated heterocycles. The molecule has 0 aromatic heterocycles. The van der Waals surface area contributed by atoms with Crippen LogP contribution in [0, 0.1) is 35.0 Å². The number of carbonyl (C=O) groups excluding carboxylic acids is 1. The number of rotatable bonds is 1. The summed E-state index contributed by atoms with van der Waals surface area (Å²) in [4.78, 5) is 11.3. The third-order valence-corrected chi connectivity index (χ3v) is 8.02. The van der Waals surface area contributed by atoms with Gasteiger partial charge in [-0.1, -0.05) is 19.4 Å². The summed E-state index contributed by atoms with van der Waals surface area (Å²) in [7, 11) is 0. The minimum Gasteiger partial charge on any atom is -0.458 e. The van der Waals surface area contributed by atoms with Crippen LogP contribution in [-0.4, -0.2) is 23.3 Å². The van der Waals surface area contributed by atoms with Gasteiger partial charge in [0.05, 0.1) is 6.10 Å². The van der Waals surface area contributed by atoms with E-state index in [1.165, 1.54) is 32.6 Å². The van der Waals surface area contributed by atoms with Gasteiger partial charge >= 0.3 is 5.97 Å². The molecule has 0 heterocycles. The molecule has 0 unspecified atom stereocenters. The Labute approximate surface area is 145 Å². The van der Waals surface area contributed by atoms with Crippen LogP contribution in [-0.2, 0) is 9.53 Å². The number of allylic oxidation sites excluding steroid dienone is 1. The Morgan fingerprint density at radius 1 is 1.25 bits per heavy atom. The fourth-order valence-corrected chi connectivity index (χ4v) is 6.98. The van der Waals surface area contributed by atoms with Crippen LogP contribution in [0.3, 0.4) is 0 Å². The molecule has 0 spiro atoms. The van der Waals surface area contributed by atoms with Crippen LogP contribution >= 0.6 is 0 Å². The Balaban J connectivity index is 1.59. The van der Waals surface area contributed by atoms with Gasteiger partial charge in [0.25, 0.3) is 0 Å². The highest BCUT2D eigenvalue weighted by atomic mass is 16.5. The molecule has 0 aromatic rings. The SMILES string of the molecule is CC(=O)O[C@H]1C=C2C[C@@H](C)[C@@H]3[C@H](CC[C@]4(C)[C@@H](O)CC[C@@H]34)[C@H]2CC1. The quantitative estimate of drug-likeness (QED) is 0.581. The molecule has 3 fully saturated rings. The van der Waals surface area contributed by atoms with E-state index in [0.717, 1.165) is 31.1 Å². The van der Waals surface area contributed by atoms with Crippen molar-refractivity contribution in [2.75, 3.05) is 0 Å². The maximum absolute atomic E-state index is 11.3. The first-order chi connectivity index (χ1) is 11.4. The van der Waals surface area contributed by atoms with Crippen LogP contribution in [0.15, 0.2) is 11.6 Å². The monoisotopic (exact) mass is 332 g/mol. The molecule has 0 amide bonds. The molecule has 3 saturated carbocycles. The number of ether oxygens (including phenoxy) is 1. The number of aliphatic hydroxyl groups is 1. The number of carbonyl (C=O) groups is 1. The van der Waals surface area contributed by atoms with Crippen LogP contribution in [0.1, 0.15) is 65.7 Å². The Morgan fingerprint density at radius 2 is 2.04 bits per heavy atom. The van der Waals surface area contributed by atoms with Crippen LogP contribution in [0.25, 0.3) is 0 Å². The Bertz CT molecular complexity index is 553. The molecule has 4 aliphatic rings. The molecule has 0 aliphatic heterocycles. The largest absolute Gasteiger partial charge is 0.458 e. The molecular weight excluding hydrogens is 300 g/mol. The summed E-state index contributed by atoms with van der Waals surface area (Å²) in [5.74, 6) is 3.47. The van der Waals surface area contributed by atoms with E-state index in [9.17, 15) is 9.90 Å². The van der Waals surface area contributed by atoms with Crippen molar-refractivity contribution in [3.05, 3.63) is 11.6 Å². The molecule has 24 heavy (non-hydrogen) atoms. The zero-order valence-electron chi connectivity index (χ0n) is 15.3. The lowest BCUT2D eigenvalue weighted by Crippen LogP contribution is -2.50. The molecule has 4 rings (SSSR count). The minimum absolute atomic E-state index is 0.000316. The lowest BCUT2D eigenvalue weighted by Gasteiger charge is -2.56. The van der Waals surface area contributed by atoms with Crippen LogP contribution in [0.2, 0.25) is 0 Å². The van der Waals surface area contributed by atoms with Crippen molar-refractivity contribution in [1.29, 1.82) is 0 Å². The second-order valence-electron chi connectivity index (χ2n) is 9.24. The van der Waals surface area contributed by atoms with Crippen molar-refractivity contribution in [3.8, 4) is 0 Å². The molecule has 0 bridgehead atoms. The maximum Gasteiger partial charge on any atom is 0.303 e. The summed E-state index contributed by atoms with van der Waals surface area (Å²) in [6, 6.07) is 0. The Kier molecular flexibility index (Phi) is 4.06. The number of aliphatic hydroxyl groups excluding tert-OH is 1. The highest BCUT2D eigenvalue weighted by molar-refractivity contribution is 5.66. The van der Waals surface area contributed by atoms with Gasteiger partial charge in [0.1, 0.15) is 6.10 Å². The van der Waals surface area contributed by atoms with E-state index >= 15 is 0 Å². The number of hydrogen-bond acceptors (Lipinski definition) is 3. The highest BCUT2D eigenvalue weighted by Crippen LogP contribution is 2.63. The molecule has 0 aromatic carbocycles. The summed E-state index contributed by atoms with van der Waals surface area (Å²) >= 11 is 0. The Morgan fingerprint density at radius 3 is 2.79 bits per heavy atom. The minimum atomic E-state index is -0.162. The molecule has 1 N–H and O–H groups in total. The summed E-state index contributed by atoms with van der Waals surface area (Å²) in [5, 5.41) is 10.6. The van der Waals surface area contributed by atoms with Gasteiger partial charge in [0.2, 0.25) is 0 Å². The molecule has 4 aliphatic carbocycles. The Hall–Kier alpha value is -0.830. The normalized spacial score (nSPS) is 50.3. The van der Waals surface area contributed by atoms with Gasteiger partial charge in [-0.3, -0.25) is 4.79 Å². The fourth-order valence-electron chi connectivity index (χ4n) is 6.98. The first kappa shape index (κ1) is 16.6. The molecule has 0 radical (unpaired) electrons. The van der Waals surface area contributed by atoms with E-state index in [1.54, 1.807) is 5.57 Å². The highest BCUT2D eigenvalue weighted by Gasteiger charge is 2.57. The zero-order valence-corrected chi connectivity index (χ0v) is 15.3. The molecule has 134 valence electrons. The third kappa shape index (κ3) is 2.46. The van der Waals surface area contributed by atoms with E-state index in [0.29, 0.717) is 17.8 Å². The summed E-state index contributed by atoms with van der Waals surface area (Å²) in [5.41, 5.74) is 1.72. The first-order valence-corrected chi connectivity index (χ1v) is 9.96. The van der Waals surface area contributed by atoms with Gasteiger partial charge in [-0.15, -0.1) is 0 Å². The summed E-state index contributed by atoms with van der Waals surface area (Å²) < 4.78 is 5.46. The summed E-state index contributed by atoms with van der Waals surface area (Å²) in [6.07, 6.45) is 10.2. The zero-order chi connectivity index (χ0) is 17.1. The van der Waals surface area contributed by atoms with Crippen molar-refractivity contribution in [3.63, 3.8) is 0 Å². The van der Waals surface area contributed by atoms with Crippen LogP contribution < -0.4 is 0 Å². The predicted octanol–water partition coefficient (Wildman–Crippen LogP) is 4.10. The molecule has 3 heteroatoms. The van der Waals surface area contributed by atoms with Crippen LogP contribution in [0.4, 0.5) is 0 Å². The van der Waals surface area contributed by atoms with Gasteiger partial charge in [-0.05, 0) is 86.0 Å². The van der Waals surface area contributed by atoms with E-state index in [4.69, 9.17) is 4.74 Å². The van der Waals surface area contributed by atoms with Crippen molar-refractivity contribution in [2.24, 2.45) is 35.0 Å². The van der Waals surface area contributed by atoms with Gasteiger partial charge in [0.15, 0.2) is 0 Å². The summed E-state index contributed by atoms with van der Waals surface area (Å²) in [6.45, 7) is 6.28. The van der Waals surface area contributed by atoms with E-state index < -0.39 is 0 Å². The predicted molar refractivity (Wildman–Crippen MR) is 93.2 cm³/mol. The van der Waals surface area contributed by atoms with E-state index in [-0.39, 0.29) is 23.6 Å². The smallest absolute Gasteiger partial charge is 0.303 e. The average molecular weight is 332 g/mol. The second-order valence-corrected chi connectivity index (χ2v) is 9.24. The number of esters is 1. The van der Waals surface area contributed by atoms with Crippen molar-refractivity contribution >= 4 is 5.97 Å². The van der Waals surface area contributed by atoms with E-state index in [2.05, 4.69) is 19.9 Å². The van der Waals surface area contributed by atoms with Crippen LogP contribution in [0.5, 0.6) is 0 Å². The maximum atomic E-state index is 11.3. The van der Waals surface area contributed by atoms with Gasteiger partial charge < -0.3 is 9.84 Å². The standard InChI is InChI=1S/C21H32O3/c1-12-10-14-11-15(24-13(2)22)4-5-16(14)17-8-9-21(3)18(20(12)17)6-7-19(21)23/h11-12,15-20,23H,4-10H2,1-3H3/t12-,15-,16+,17-,18+,19+,20-,21+/m1/s1. The first-order valence-electron chi connectivity index (χ1n) is 9.96. The third-order valence-electron chi connectivity index (χ3n) is 8.02. The lowest BCUT2D eigenvalue weighted by molar-refractivity contribution is -0.145. The van der Waals surface area contributed by atoms with Crippen molar-refractivity contribution in [2.45, 2.75) is 77.9 Å². The number of hydrogen-bond donors (Lipinski definition) is 1. The lowest BCUT2D eigenvalue weighted by atomic mass is 9.49. The average Bonchev–Trinajstić information content (AvgIpc) is 2.82. The van der Waals surface area contributed by atoms with Gasteiger partial charge in [0, 0.05) is 6.92 Å². The van der Waals surface area contributed by atoms with Crippen molar-refractivity contribution < 1.29 is 14.6 Å². The fraction of sp³-hybridized carbons (Fsp3) is 0.857. The topological polar surface area (TPSA) is 46.5 Å². The molecular formula is C21H32O3. The molecule has 8 atom stereocenters. The van der Waals surface area contributed by atoms with Crippen molar-refractivity contribution in [1.82, 2.24) is 0 Å². The van der Waals surface area contributed by atoms with Gasteiger partial charge in [-0.25, -0.2) is 0 Å². The molecule has 3 nitrogen and oxygen atoms in total. The van der Waals surface area contributed by atoms with E-state index in [1.807, 2.05) is 0 Å².